The molecule has 0 fully saturated rings. The zero-order valence-electron chi connectivity index (χ0n) is 16.6. The van der Waals surface area contributed by atoms with E-state index in [2.05, 4.69) is 27.8 Å². The Hall–Kier alpha value is -2.43. The van der Waals surface area contributed by atoms with Crippen LogP contribution in [0.15, 0.2) is 41.5 Å². The minimum atomic E-state index is -0.224. The highest BCUT2D eigenvalue weighted by atomic mass is 16.2. The molecule has 1 aromatic heterocycles. The average Bonchev–Trinajstić information content (AvgIpc) is 2.75. The first-order valence-electron chi connectivity index (χ1n) is 10.6. The molecule has 0 bridgehead atoms. The fraction of sp³-hybridized carbons (Fsp3) is 0.522. The monoisotopic (exact) mass is 381 g/mol. The molecule has 0 saturated heterocycles. The molecule has 0 atom stereocenters. The van der Waals surface area contributed by atoms with Crippen molar-refractivity contribution in [3.63, 3.8) is 0 Å². The molecule has 0 aliphatic heterocycles. The molecule has 0 radical (unpaired) electrons. The number of nitrogens with zero attached hydrogens (tertiary/aromatic N) is 1. The maximum Gasteiger partial charge on any atom is 0.269 e. The second-order valence-electron chi connectivity index (χ2n) is 7.64. The molecule has 5 nitrogen and oxygen atoms in total. The van der Waals surface area contributed by atoms with Gasteiger partial charge in [0.25, 0.3) is 11.8 Å². The third kappa shape index (κ3) is 6.32. The Kier molecular flexibility index (Phi) is 7.82. The molecule has 1 heterocycles. The summed E-state index contributed by atoms with van der Waals surface area (Å²) in [6, 6.07) is 5.02. The van der Waals surface area contributed by atoms with E-state index in [1.165, 1.54) is 36.8 Å². The largest absolute Gasteiger partial charge is 0.350 e. The fourth-order valence-electron chi connectivity index (χ4n) is 3.81. The molecule has 0 saturated carbocycles. The first kappa shape index (κ1) is 20.3. The Morgan fingerprint density at radius 1 is 0.786 bits per heavy atom. The standard InChI is InChI=1S/C23H31N3O2/c27-22(24-16-14-18-8-3-1-4-9-18)20-12-7-13-21(26-20)23(28)25-17-15-19-10-5-2-6-11-19/h7-8,10,12-13H,1-6,9,11,14-17H2,(H,24,27)(H,25,28). The van der Waals surface area contributed by atoms with E-state index < -0.39 is 0 Å². The Balaban J connectivity index is 1.45. The Bertz CT molecular complexity index is 693. The molecule has 2 aliphatic rings. The maximum atomic E-state index is 12.3. The zero-order valence-corrected chi connectivity index (χ0v) is 16.6. The summed E-state index contributed by atoms with van der Waals surface area (Å²) in [5.41, 5.74) is 3.45. The van der Waals surface area contributed by atoms with Crippen LogP contribution in [0.5, 0.6) is 0 Å². The number of carbonyl (C=O) groups excluding carboxylic acids is 2. The molecule has 150 valence electrons. The van der Waals surface area contributed by atoms with Crippen LogP contribution in [0.2, 0.25) is 0 Å². The van der Waals surface area contributed by atoms with Gasteiger partial charge in [-0.1, -0.05) is 29.4 Å². The summed E-state index contributed by atoms with van der Waals surface area (Å²) in [7, 11) is 0. The van der Waals surface area contributed by atoms with E-state index in [-0.39, 0.29) is 11.8 Å². The Labute approximate surface area is 167 Å². The molecule has 28 heavy (non-hydrogen) atoms. The van der Waals surface area contributed by atoms with E-state index >= 15 is 0 Å². The van der Waals surface area contributed by atoms with Gasteiger partial charge in [-0.2, -0.15) is 0 Å². The molecule has 2 N–H and O–H groups in total. The van der Waals surface area contributed by atoms with Crippen molar-refractivity contribution in [3.05, 3.63) is 52.9 Å². The molecule has 3 rings (SSSR count). The van der Waals surface area contributed by atoms with Crippen LogP contribution < -0.4 is 10.6 Å². The van der Waals surface area contributed by atoms with E-state index in [0.29, 0.717) is 24.5 Å². The number of rotatable bonds is 8. The number of aromatic nitrogens is 1. The topological polar surface area (TPSA) is 71.1 Å². The fourth-order valence-corrected chi connectivity index (χ4v) is 3.81. The summed E-state index contributed by atoms with van der Waals surface area (Å²) in [6.45, 7) is 1.22. The van der Waals surface area contributed by atoms with Crippen LogP contribution >= 0.6 is 0 Å². The normalized spacial score (nSPS) is 16.7. The van der Waals surface area contributed by atoms with Gasteiger partial charge in [0.15, 0.2) is 0 Å². The number of allylic oxidation sites excluding steroid dienone is 2. The van der Waals surface area contributed by atoms with Crippen molar-refractivity contribution in [1.29, 1.82) is 0 Å². The number of hydrogen-bond acceptors (Lipinski definition) is 3. The van der Waals surface area contributed by atoms with Gasteiger partial charge in [0.1, 0.15) is 11.4 Å². The minimum absolute atomic E-state index is 0.224. The lowest BCUT2D eigenvalue weighted by atomic mass is 9.97. The first-order valence-corrected chi connectivity index (χ1v) is 10.6. The molecule has 2 aliphatic carbocycles. The number of amides is 2. The van der Waals surface area contributed by atoms with Gasteiger partial charge in [-0.05, 0) is 76.3 Å². The molecule has 1 aromatic rings. The Morgan fingerprint density at radius 2 is 1.29 bits per heavy atom. The molecular weight excluding hydrogens is 350 g/mol. The highest BCUT2D eigenvalue weighted by molar-refractivity contribution is 5.96. The summed E-state index contributed by atoms with van der Waals surface area (Å²) in [5.74, 6) is -0.447. The van der Waals surface area contributed by atoms with Crippen molar-refractivity contribution >= 4 is 11.8 Å². The van der Waals surface area contributed by atoms with Crippen LogP contribution in [-0.4, -0.2) is 29.9 Å². The number of nitrogens with one attached hydrogen (secondary N) is 2. The van der Waals surface area contributed by atoms with Crippen LogP contribution in [0.4, 0.5) is 0 Å². The molecule has 0 spiro atoms. The smallest absolute Gasteiger partial charge is 0.269 e. The average molecular weight is 382 g/mol. The summed E-state index contributed by atoms with van der Waals surface area (Å²) in [6.07, 6.45) is 16.0. The van der Waals surface area contributed by atoms with Crippen molar-refractivity contribution in [3.8, 4) is 0 Å². The molecule has 2 amide bonds. The van der Waals surface area contributed by atoms with Gasteiger partial charge in [-0.25, -0.2) is 4.98 Å². The van der Waals surface area contributed by atoms with Gasteiger partial charge in [0, 0.05) is 13.1 Å². The van der Waals surface area contributed by atoms with Gasteiger partial charge < -0.3 is 10.6 Å². The summed E-state index contributed by atoms with van der Waals surface area (Å²) < 4.78 is 0. The third-order valence-corrected chi connectivity index (χ3v) is 5.45. The number of carbonyl (C=O) groups is 2. The summed E-state index contributed by atoms with van der Waals surface area (Å²) >= 11 is 0. The van der Waals surface area contributed by atoms with Gasteiger partial charge in [0.05, 0.1) is 0 Å². The lowest BCUT2D eigenvalue weighted by Crippen LogP contribution is -2.29. The van der Waals surface area contributed by atoms with Gasteiger partial charge in [-0.15, -0.1) is 0 Å². The van der Waals surface area contributed by atoms with Crippen molar-refractivity contribution in [2.75, 3.05) is 13.1 Å². The first-order chi connectivity index (χ1) is 13.7. The van der Waals surface area contributed by atoms with E-state index in [1.54, 1.807) is 18.2 Å². The molecule has 0 unspecified atom stereocenters. The highest BCUT2D eigenvalue weighted by Gasteiger charge is 2.13. The molecule has 5 heteroatoms. The molecular formula is C23H31N3O2. The van der Waals surface area contributed by atoms with Crippen molar-refractivity contribution in [1.82, 2.24) is 15.6 Å². The Morgan fingerprint density at radius 3 is 1.71 bits per heavy atom. The zero-order chi connectivity index (χ0) is 19.6. The summed E-state index contributed by atoms with van der Waals surface area (Å²) in [4.78, 5) is 28.9. The number of hydrogen-bond donors (Lipinski definition) is 2. The van der Waals surface area contributed by atoms with Crippen LogP contribution in [-0.2, 0) is 0 Å². The van der Waals surface area contributed by atoms with Crippen molar-refractivity contribution < 1.29 is 9.59 Å². The quantitative estimate of drug-likeness (QED) is 0.659. The minimum Gasteiger partial charge on any atom is -0.350 e. The SMILES string of the molecule is O=C(NCCC1=CCCCC1)c1cccc(C(=O)NCCC2=CCCCC2)n1. The van der Waals surface area contributed by atoms with Crippen LogP contribution in [0.25, 0.3) is 0 Å². The van der Waals surface area contributed by atoms with E-state index in [0.717, 1.165) is 38.5 Å². The van der Waals surface area contributed by atoms with E-state index in [1.807, 2.05) is 0 Å². The highest BCUT2D eigenvalue weighted by Crippen LogP contribution is 2.20. The summed E-state index contributed by atoms with van der Waals surface area (Å²) in [5, 5.41) is 5.83. The van der Waals surface area contributed by atoms with Crippen LogP contribution in [0.3, 0.4) is 0 Å². The predicted octanol–water partition coefficient (Wildman–Crippen LogP) is 4.32. The van der Waals surface area contributed by atoms with E-state index in [4.69, 9.17) is 0 Å². The maximum absolute atomic E-state index is 12.3. The second kappa shape index (κ2) is 10.8. The van der Waals surface area contributed by atoms with Crippen molar-refractivity contribution in [2.45, 2.75) is 64.2 Å². The lowest BCUT2D eigenvalue weighted by Gasteiger charge is -2.13. The van der Waals surface area contributed by atoms with Gasteiger partial charge in [0.2, 0.25) is 0 Å². The predicted molar refractivity (Wildman–Crippen MR) is 111 cm³/mol. The van der Waals surface area contributed by atoms with Gasteiger partial charge >= 0.3 is 0 Å². The lowest BCUT2D eigenvalue weighted by molar-refractivity contribution is 0.0945. The van der Waals surface area contributed by atoms with Crippen LogP contribution in [0, 0.1) is 0 Å². The number of pyridine rings is 1. The van der Waals surface area contributed by atoms with Crippen LogP contribution in [0.1, 0.15) is 85.2 Å². The van der Waals surface area contributed by atoms with Gasteiger partial charge in [-0.3, -0.25) is 9.59 Å². The second-order valence-corrected chi connectivity index (χ2v) is 7.64. The third-order valence-electron chi connectivity index (χ3n) is 5.45. The van der Waals surface area contributed by atoms with E-state index in [9.17, 15) is 9.59 Å². The molecule has 0 aromatic carbocycles. The van der Waals surface area contributed by atoms with Crippen molar-refractivity contribution in [2.24, 2.45) is 0 Å².